The lowest BCUT2D eigenvalue weighted by Crippen LogP contribution is -2.45. The second kappa shape index (κ2) is 5.69. The molecule has 0 aromatic carbocycles. The summed E-state index contributed by atoms with van der Waals surface area (Å²) in [5.74, 6) is -0.0848. The summed E-state index contributed by atoms with van der Waals surface area (Å²) in [5.41, 5.74) is 0. The third-order valence-electron chi connectivity index (χ3n) is 2.53. The molecule has 6 heteroatoms. The number of likely N-dealkylation sites (N-methyl/N-ethyl adjacent to an activating group) is 1. The highest BCUT2D eigenvalue weighted by molar-refractivity contribution is 5.85. The molecule has 1 heterocycles. The van der Waals surface area contributed by atoms with Gasteiger partial charge in [0, 0.05) is 20.6 Å². The van der Waals surface area contributed by atoms with E-state index in [0.717, 1.165) is 6.42 Å². The number of nitrogens with zero attached hydrogens (tertiary/aromatic N) is 2. The van der Waals surface area contributed by atoms with Crippen LogP contribution in [0.4, 0.5) is 4.79 Å². The van der Waals surface area contributed by atoms with Crippen LogP contribution in [0.2, 0.25) is 0 Å². The number of aliphatic hydroxyl groups excluding tert-OH is 1. The van der Waals surface area contributed by atoms with Crippen LogP contribution in [0.15, 0.2) is 0 Å². The molecule has 0 saturated carbocycles. The first-order chi connectivity index (χ1) is 7.57. The van der Waals surface area contributed by atoms with Crippen molar-refractivity contribution in [3.8, 4) is 0 Å². The number of hydrogen-bond acceptors (Lipinski definition) is 4. The Morgan fingerprint density at radius 3 is 2.75 bits per heavy atom. The van der Waals surface area contributed by atoms with Crippen molar-refractivity contribution >= 4 is 12.0 Å². The molecule has 0 aromatic heterocycles. The average molecular weight is 230 g/mol. The summed E-state index contributed by atoms with van der Waals surface area (Å²) in [7, 11) is 3.33. The van der Waals surface area contributed by atoms with Gasteiger partial charge in [-0.05, 0) is 12.8 Å². The number of ether oxygens (including phenoxy) is 1. The zero-order valence-electron chi connectivity index (χ0n) is 9.68. The van der Waals surface area contributed by atoms with E-state index in [2.05, 4.69) is 0 Å². The third kappa shape index (κ3) is 2.85. The monoisotopic (exact) mass is 230 g/mol. The fraction of sp³-hybridized carbons (Fsp3) is 0.800. The van der Waals surface area contributed by atoms with Crippen molar-refractivity contribution in [1.29, 1.82) is 0 Å². The van der Waals surface area contributed by atoms with Gasteiger partial charge in [-0.15, -0.1) is 0 Å². The van der Waals surface area contributed by atoms with E-state index in [1.807, 2.05) is 0 Å². The van der Waals surface area contributed by atoms with E-state index >= 15 is 0 Å². The predicted molar refractivity (Wildman–Crippen MR) is 56.9 cm³/mol. The number of aliphatic hydroxyl groups is 1. The van der Waals surface area contributed by atoms with Crippen molar-refractivity contribution in [1.82, 2.24) is 9.80 Å². The topological polar surface area (TPSA) is 70.1 Å². The third-order valence-corrected chi connectivity index (χ3v) is 2.53. The number of carbonyl (C=O) groups is 2. The maximum atomic E-state index is 11.8. The molecule has 16 heavy (non-hydrogen) atoms. The van der Waals surface area contributed by atoms with E-state index in [-0.39, 0.29) is 19.1 Å². The van der Waals surface area contributed by atoms with Crippen molar-refractivity contribution < 1.29 is 19.4 Å². The summed E-state index contributed by atoms with van der Waals surface area (Å²) in [6, 6.07) is -0.416. The van der Waals surface area contributed by atoms with E-state index in [9.17, 15) is 9.59 Å². The Labute approximate surface area is 94.8 Å². The summed E-state index contributed by atoms with van der Waals surface area (Å²) in [5, 5.41) is 8.55. The first-order valence-electron chi connectivity index (χ1n) is 5.33. The second-order valence-corrected chi connectivity index (χ2v) is 3.92. The Morgan fingerprint density at radius 2 is 2.19 bits per heavy atom. The van der Waals surface area contributed by atoms with E-state index < -0.39 is 12.1 Å². The molecule has 1 atom stereocenters. The van der Waals surface area contributed by atoms with Crippen molar-refractivity contribution in [2.24, 2.45) is 0 Å². The molecule has 1 saturated heterocycles. The number of rotatable bonds is 3. The van der Waals surface area contributed by atoms with Crippen LogP contribution < -0.4 is 0 Å². The van der Waals surface area contributed by atoms with Crippen LogP contribution in [-0.4, -0.2) is 66.8 Å². The molecule has 0 radical (unpaired) electrons. The number of carbonyl (C=O) groups excluding carboxylic acids is 2. The van der Waals surface area contributed by atoms with E-state index in [0.29, 0.717) is 13.0 Å². The van der Waals surface area contributed by atoms with E-state index in [4.69, 9.17) is 9.84 Å². The van der Waals surface area contributed by atoms with Gasteiger partial charge in [0.1, 0.15) is 12.6 Å². The van der Waals surface area contributed by atoms with Crippen molar-refractivity contribution in [2.75, 3.05) is 33.9 Å². The molecule has 0 aliphatic carbocycles. The first-order valence-corrected chi connectivity index (χ1v) is 5.33. The maximum Gasteiger partial charge on any atom is 0.410 e. The van der Waals surface area contributed by atoms with Crippen LogP contribution in [-0.2, 0) is 9.53 Å². The van der Waals surface area contributed by atoms with Gasteiger partial charge in [0.25, 0.3) is 0 Å². The molecule has 1 fully saturated rings. The minimum atomic E-state index is -0.522. The van der Waals surface area contributed by atoms with Gasteiger partial charge in [-0.3, -0.25) is 9.69 Å². The quantitative estimate of drug-likeness (QED) is 0.720. The Balaban J connectivity index is 2.58. The van der Waals surface area contributed by atoms with Crippen LogP contribution >= 0.6 is 0 Å². The Hall–Kier alpha value is -1.30. The Morgan fingerprint density at radius 1 is 1.50 bits per heavy atom. The van der Waals surface area contributed by atoms with Gasteiger partial charge in [-0.2, -0.15) is 0 Å². The van der Waals surface area contributed by atoms with E-state index in [1.165, 1.54) is 9.80 Å². The van der Waals surface area contributed by atoms with Crippen LogP contribution in [0.1, 0.15) is 12.8 Å². The summed E-state index contributed by atoms with van der Waals surface area (Å²) in [4.78, 5) is 26.2. The highest BCUT2D eigenvalue weighted by Crippen LogP contribution is 2.19. The number of likely N-dealkylation sites (tertiary alicyclic amines) is 1. The molecule has 1 rings (SSSR count). The van der Waals surface area contributed by atoms with E-state index in [1.54, 1.807) is 14.1 Å². The van der Waals surface area contributed by atoms with Crippen molar-refractivity contribution in [3.05, 3.63) is 0 Å². The Kier molecular flexibility index (Phi) is 4.54. The lowest BCUT2D eigenvalue weighted by atomic mass is 10.2. The fourth-order valence-electron chi connectivity index (χ4n) is 1.76. The van der Waals surface area contributed by atoms with Crippen LogP contribution in [0.25, 0.3) is 0 Å². The van der Waals surface area contributed by atoms with Gasteiger partial charge in [-0.25, -0.2) is 4.79 Å². The molecule has 0 aromatic rings. The van der Waals surface area contributed by atoms with Gasteiger partial charge < -0.3 is 14.7 Å². The lowest BCUT2D eigenvalue weighted by Gasteiger charge is -2.25. The predicted octanol–water partition coefficient (Wildman–Crippen LogP) is -0.332. The summed E-state index contributed by atoms with van der Waals surface area (Å²) in [6.45, 7) is 0.304. The maximum absolute atomic E-state index is 11.8. The van der Waals surface area contributed by atoms with Gasteiger partial charge >= 0.3 is 6.09 Å². The van der Waals surface area contributed by atoms with Crippen LogP contribution in [0, 0.1) is 0 Å². The first kappa shape index (κ1) is 12.8. The lowest BCUT2D eigenvalue weighted by molar-refractivity contribution is -0.133. The normalized spacial score (nSPS) is 19.7. The molecular weight excluding hydrogens is 212 g/mol. The van der Waals surface area contributed by atoms with Gasteiger partial charge in [0.05, 0.1) is 6.61 Å². The minimum Gasteiger partial charge on any atom is -0.447 e. The molecule has 1 unspecified atom stereocenters. The zero-order valence-corrected chi connectivity index (χ0v) is 9.68. The molecule has 1 N–H and O–H groups in total. The highest BCUT2D eigenvalue weighted by atomic mass is 16.6. The van der Waals surface area contributed by atoms with Crippen LogP contribution in [0.5, 0.6) is 0 Å². The van der Waals surface area contributed by atoms with Crippen molar-refractivity contribution in [2.45, 2.75) is 18.9 Å². The molecule has 6 nitrogen and oxygen atoms in total. The molecular formula is C10H18N2O4. The molecule has 1 aliphatic heterocycles. The molecule has 92 valence electrons. The minimum absolute atomic E-state index is 0.0296. The number of amides is 2. The fourth-order valence-corrected chi connectivity index (χ4v) is 1.76. The smallest absolute Gasteiger partial charge is 0.410 e. The molecule has 0 spiro atoms. The SMILES string of the molecule is CN(C)C(=O)C1CCCN1C(=O)OCCO. The molecule has 2 amide bonds. The molecule has 1 aliphatic rings. The van der Waals surface area contributed by atoms with Gasteiger partial charge in [-0.1, -0.05) is 0 Å². The van der Waals surface area contributed by atoms with Crippen LogP contribution in [0.3, 0.4) is 0 Å². The summed E-state index contributed by atoms with van der Waals surface area (Å²) in [6.07, 6.45) is 0.954. The Bertz CT molecular complexity index is 268. The van der Waals surface area contributed by atoms with Crippen molar-refractivity contribution in [3.63, 3.8) is 0 Å². The largest absolute Gasteiger partial charge is 0.447 e. The summed E-state index contributed by atoms with van der Waals surface area (Å²) < 4.78 is 4.80. The standard InChI is InChI=1S/C10H18N2O4/c1-11(2)9(14)8-4-3-5-12(8)10(15)16-7-6-13/h8,13H,3-7H2,1-2H3. The highest BCUT2D eigenvalue weighted by Gasteiger charge is 2.35. The van der Waals surface area contributed by atoms with Gasteiger partial charge in [0.2, 0.25) is 5.91 Å². The van der Waals surface area contributed by atoms with Gasteiger partial charge in [0.15, 0.2) is 0 Å². The summed E-state index contributed by atoms with van der Waals surface area (Å²) >= 11 is 0. The second-order valence-electron chi connectivity index (χ2n) is 3.92. The zero-order chi connectivity index (χ0) is 12.1. The average Bonchev–Trinajstić information content (AvgIpc) is 2.73. The molecule has 0 bridgehead atoms. The number of hydrogen-bond donors (Lipinski definition) is 1.